The molecule has 3 fully saturated rings. The van der Waals surface area contributed by atoms with Gasteiger partial charge in [0.2, 0.25) is 23.8 Å². The van der Waals surface area contributed by atoms with Crippen LogP contribution in [0.15, 0.2) is 18.6 Å². The third-order valence-electron chi connectivity index (χ3n) is 7.72. The van der Waals surface area contributed by atoms with Crippen molar-refractivity contribution in [2.75, 3.05) is 94.3 Å². The number of anilines is 3. The Morgan fingerprint density at radius 2 is 1.68 bits per heavy atom. The van der Waals surface area contributed by atoms with Crippen molar-refractivity contribution in [3.8, 4) is 11.4 Å². The summed E-state index contributed by atoms with van der Waals surface area (Å²) < 4.78 is 52.1. The molecule has 2 N–H and O–H groups in total. The van der Waals surface area contributed by atoms with Gasteiger partial charge in [-0.25, -0.2) is 23.1 Å². The number of carbonyl (C=O) groups is 2. The summed E-state index contributed by atoms with van der Waals surface area (Å²) in [6, 6.07) is 0. The molecule has 0 bridgehead atoms. The van der Waals surface area contributed by atoms with Gasteiger partial charge in [-0.3, -0.25) is 9.59 Å². The smallest absolute Gasteiger partial charge is 0.281 e. The fourth-order valence-electron chi connectivity index (χ4n) is 5.39. The molecular formula is C27H35F3N10O4. The topological polar surface area (TPSA) is 156 Å². The number of morpholine rings is 1. The van der Waals surface area contributed by atoms with Crippen molar-refractivity contribution in [3.63, 3.8) is 0 Å². The van der Waals surface area contributed by atoms with Gasteiger partial charge in [0.15, 0.2) is 11.7 Å². The molecule has 0 radical (unpaired) electrons. The Morgan fingerprint density at radius 3 is 2.34 bits per heavy atom. The molecule has 2 aromatic heterocycles. The van der Waals surface area contributed by atoms with Gasteiger partial charge in [-0.1, -0.05) is 6.58 Å². The molecule has 2 amide bonds. The highest BCUT2D eigenvalue weighted by molar-refractivity contribution is 5.90. The number of hydrogen-bond donors (Lipinski definition) is 1. The number of nitrogens with two attached hydrogens (primary N) is 1. The number of nitrogen functional groups attached to an aromatic ring is 1. The van der Waals surface area contributed by atoms with E-state index in [9.17, 15) is 22.8 Å². The van der Waals surface area contributed by atoms with Gasteiger partial charge in [-0.2, -0.15) is 15.0 Å². The monoisotopic (exact) mass is 620 g/mol. The van der Waals surface area contributed by atoms with Gasteiger partial charge >= 0.3 is 0 Å². The van der Waals surface area contributed by atoms with Gasteiger partial charge in [0.1, 0.15) is 12.3 Å². The molecule has 2 aromatic rings. The van der Waals surface area contributed by atoms with Gasteiger partial charge in [0, 0.05) is 58.6 Å². The molecule has 5 heterocycles. The van der Waals surface area contributed by atoms with Crippen LogP contribution in [0.1, 0.15) is 25.0 Å². The number of hydrogen-bond acceptors (Lipinski definition) is 12. The second kappa shape index (κ2) is 14.1. The third-order valence-corrected chi connectivity index (χ3v) is 7.72. The second-order valence-electron chi connectivity index (χ2n) is 10.7. The first-order chi connectivity index (χ1) is 21.2. The number of ether oxygens (including phenoxy) is 2. The van der Waals surface area contributed by atoms with Crippen LogP contribution in [0.2, 0.25) is 0 Å². The lowest BCUT2D eigenvalue weighted by Crippen LogP contribution is -2.50. The summed E-state index contributed by atoms with van der Waals surface area (Å²) in [5, 5.41) is 0. The number of piperidine rings is 1. The molecule has 238 valence electrons. The van der Waals surface area contributed by atoms with Crippen LogP contribution in [0.5, 0.6) is 0 Å². The Balaban J connectivity index is 1.22. The third kappa shape index (κ3) is 7.50. The van der Waals surface area contributed by atoms with Crippen LogP contribution in [-0.4, -0.2) is 125 Å². The number of alkyl halides is 2. The van der Waals surface area contributed by atoms with Gasteiger partial charge in [0.05, 0.1) is 25.4 Å². The summed E-state index contributed by atoms with van der Waals surface area (Å²) in [5.41, 5.74) is 4.95. The van der Waals surface area contributed by atoms with Crippen LogP contribution >= 0.6 is 0 Å². The van der Waals surface area contributed by atoms with E-state index in [1.165, 1.54) is 11.1 Å². The zero-order valence-electron chi connectivity index (χ0n) is 24.2. The van der Waals surface area contributed by atoms with Crippen LogP contribution < -0.4 is 15.5 Å². The predicted octanol–water partition coefficient (Wildman–Crippen LogP) is 1.07. The lowest BCUT2D eigenvalue weighted by Gasteiger charge is -2.35. The SMILES string of the molecule is C=C(F)C(=O)N1CCC[C@H](COCC(=O)N2CCN(c3nc(-c4cnc(N)nc4C(F)F)nc(N4CCOCC4)n3)CC2)C1. The summed E-state index contributed by atoms with van der Waals surface area (Å²) in [4.78, 5) is 52.8. The van der Waals surface area contributed by atoms with Gasteiger partial charge < -0.3 is 34.8 Å². The van der Waals surface area contributed by atoms with Crippen LogP contribution in [-0.2, 0) is 19.1 Å². The first-order valence-corrected chi connectivity index (χ1v) is 14.4. The van der Waals surface area contributed by atoms with Crippen LogP contribution in [0.3, 0.4) is 0 Å². The summed E-state index contributed by atoms with van der Waals surface area (Å²) in [5.74, 6) is -1.55. The van der Waals surface area contributed by atoms with E-state index in [0.29, 0.717) is 71.5 Å². The molecular weight excluding hydrogens is 585 g/mol. The number of carbonyl (C=O) groups excluding carboxylic acids is 2. The molecule has 0 unspecified atom stereocenters. The standard InChI is InChI=1S/C27H35F3N10O4/c1-17(28)24(42)40-4-2-3-18(14-40)15-44-16-20(41)37-5-7-38(8-6-37)26-34-23(19-13-32-25(31)33-21(19)22(29)30)35-27(36-26)39-9-11-43-12-10-39/h13,18,22H,1-12,14-16H2,(H2,31,32,33)/t18-/m0/s1. The number of halogens is 3. The molecule has 3 aliphatic rings. The maximum absolute atomic E-state index is 13.9. The molecule has 0 saturated carbocycles. The van der Waals surface area contributed by atoms with Crippen molar-refractivity contribution in [3.05, 3.63) is 24.3 Å². The average molecular weight is 621 g/mol. The molecule has 44 heavy (non-hydrogen) atoms. The minimum atomic E-state index is -2.92. The second-order valence-corrected chi connectivity index (χ2v) is 10.7. The molecule has 1 atom stereocenters. The Morgan fingerprint density at radius 1 is 1.00 bits per heavy atom. The number of piperazine rings is 1. The van der Waals surface area contributed by atoms with E-state index < -0.39 is 23.9 Å². The number of rotatable bonds is 9. The van der Waals surface area contributed by atoms with Gasteiger partial charge in [0.25, 0.3) is 12.3 Å². The quantitative estimate of drug-likeness (QED) is 0.399. The fourth-order valence-corrected chi connectivity index (χ4v) is 5.39. The van der Waals surface area contributed by atoms with E-state index in [4.69, 9.17) is 15.2 Å². The summed E-state index contributed by atoms with van der Waals surface area (Å²) in [6.07, 6.45) is -0.196. The molecule has 17 heteroatoms. The highest BCUT2D eigenvalue weighted by Crippen LogP contribution is 2.30. The molecule has 0 spiro atoms. The lowest BCUT2D eigenvalue weighted by molar-refractivity contribution is -0.138. The van der Waals surface area contributed by atoms with Gasteiger partial charge in [-0.05, 0) is 18.8 Å². The molecule has 0 aromatic carbocycles. The van der Waals surface area contributed by atoms with Crippen LogP contribution in [0.4, 0.5) is 31.0 Å². The molecule has 14 nitrogen and oxygen atoms in total. The number of amides is 2. The fraction of sp³-hybridized carbons (Fsp3) is 0.593. The molecule has 3 aliphatic heterocycles. The minimum Gasteiger partial charge on any atom is -0.378 e. The van der Waals surface area contributed by atoms with Gasteiger partial charge in [-0.15, -0.1) is 0 Å². The highest BCUT2D eigenvalue weighted by Gasteiger charge is 2.29. The molecule has 5 rings (SSSR count). The van der Waals surface area contributed by atoms with Crippen molar-refractivity contribution in [1.29, 1.82) is 0 Å². The van der Waals surface area contributed by atoms with E-state index >= 15 is 0 Å². The Bertz CT molecular complexity index is 1360. The van der Waals surface area contributed by atoms with Crippen molar-refractivity contribution >= 4 is 29.7 Å². The van der Waals surface area contributed by atoms with Crippen molar-refractivity contribution < 1.29 is 32.2 Å². The maximum Gasteiger partial charge on any atom is 0.281 e. The number of likely N-dealkylation sites (tertiary alicyclic amines) is 1. The zero-order valence-corrected chi connectivity index (χ0v) is 24.2. The Kier molecular flexibility index (Phi) is 10.0. The van der Waals surface area contributed by atoms with E-state index in [0.717, 1.165) is 12.8 Å². The number of aromatic nitrogens is 5. The van der Waals surface area contributed by atoms with E-state index in [1.807, 2.05) is 9.80 Å². The average Bonchev–Trinajstić information content (AvgIpc) is 3.04. The first-order valence-electron chi connectivity index (χ1n) is 14.4. The molecule has 0 aliphatic carbocycles. The van der Waals surface area contributed by atoms with Crippen LogP contribution in [0.25, 0.3) is 11.4 Å². The first kappa shape index (κ1) is 31.3. The van der Waals surface area contributed by atoms with Crippen molar-refractivity contribution in [2.45, 2.75) is 19.3 Å². The molecule has 3 saturated heterocycles. The summed E-state index contributed by atoms with van der Waals surface area (Å²) >= 11 is 0. The zero-order chi connectivity index (χ0) is 31.2. The normalized spacial score (nSPS) is 19.4. The van der Waals surface area contributed by atoms with E-state index in [1.54, 1.807) is 4.90 Å². The Hall–Kier alpha value is -4.12. The van der Waals surface area contributed by atoms with E-state index in [2.05, 4.69) is 31.5 Å². The Labute approximate surface area is 252 Å². The predicted molar refractivity (Wildman–Crippen MR) is 152 cm³/mol. The van der Waals surface area contributed by atoms with Crippen LogP contribution in [0, 0.1) is 5.92 Å². The minimum absolute atomic E-state index is 0.00231. The number of nitrogens with zero attached hydrogens (tertiary/aromatic N) is 9. The lowest BCUT2D eigenvalue weighted by atomic mass is 9.99. The largest absolute Gasteiger partial charge is 0.378 e. The van der Waals surface area contributed by atoms with Crippen molar-refractivity contribution in [2.24, 2.45) is 5.92 Å². The highest BCUT2D eigenvalue weighted by atomic mass is 19.3. The van der Waals surface area contributed by atoms with Crippen molar-refractivity contribution in [1.82, 2.24) is 34.7 Å². The summed E-state index contributed by atoms with van der Waals surface area (Å²) in [7, 11) is 0. The maximum atomic E-state index is 13.9. The summed E-state index contributed by atoms with van der Waals surface area (Å²) in [6.45, 7) is 7.57. The van der Waals surface area contributed by atoms with E-state index in [-0.39, 0.29) is 48.3 Å².